The molecular formula is C22H34N2O3S. The number of benzene rings is 1. The lowest BCUT2D eigenvalue weighted by atomic mass is 9.86. The molecule has 156 valence electrons. The van der Waals surface area contributed by atoms with Crippen LogP contribution in [0.3, 0.4) is 0 Å². The van der Waals surface area contributed by atoms with Crippen LogP contribution < -0.4 is 0 Å². The van der Waals surface area contributed by atoms with E-state index in [9.17, 15) is 13.2 Å². The third kappa shape index (κ3) is 4.60. The predicted octanol–water partition coefficient (Wildman–Crippen LogP) is 4.00. The SMILES string of the molecule is CC1CCC(N(C)C(=O)c2ccc(S(=O)(=O)N3CC(C)CC(C)C3)cc2)CC1. The Morgan fingerprint density at radius 1 is 0.929 bits per heavy atom. The Labute approximate surface area is 170 Å². The molecule has 1 aromatic carbocycles. The van der Waals surface area contributed by atoms with E-state index in [4.69, 9.17) is 0 Å². The van der Waals surface area contributed by atoms with E-state index in [0.717, 1.165) is 38.0 Å². The molecule has 1 amide bonds. The van der Waals surface area contributed by atoms with Crippen LogP contribution in [0.2, 0.25) is 0 Å². The summed E-state index contributed by atoms with van der Waals surface area (Å²) in [5.74, 6) is 1.45. The monoisotopic (exact) mass is 406 g/mol. The number of hydrogen-bond donors (Lipinski definition) is 0. The lowest BCUT2D eigenvalue weighted by Crippen LogP contribution is -2.42. The van der Waals surface area contributed by atoms with Gasteiger partial charge in [0.05, 0.1) is 4.90 Å². The molecule has 0 N–H and O–H groups in total. The van der Waals surface area contributed by atoms with Gasteiger partial charge in [-0.05, 0) is 74.1 Å². The molecule has 0 radical (unpaired) electrons. The van der Waals surface area contributed by atoms with E-state index >= 15 is 0 Å². The molecule has 2 aliphatic rings. The van der Waals surface area contributed by atoms with Crippen molar-refractivity contribution >= 4 is 15.9 Å². The summed E-state index contributed by atoms with van der Waals surface area (Å²) in [5, 5.41) is 0. The first-order chi connectivity index (χ1) is 13.2. The van der Waals surface area contributed by atoms with E-state index in [1.165, 1.54) is 0 Å². The summed E-state index contributed by atoms with van der Waals surface area (Å²) >= 11 is 0. The number of rotatable bonds is 4. The van der Waals surface area contributed by atoms with Gasteiger partial charge in [-0.15, -0.1) is 0 Å². The van der Waals surface area contributed by atoms with Gasteiger partial charge in [0.25, 0.3) is 5.91 Å². The molecule has 3 rings (SSSR count). The summed E-state index contributed by atoms with van der Waals surface area (Å²) < 4.78 is 27.6. The number of nitrogens with zero attached hydrogens (tertiary/aromatic N) is 2. The maximum atomic E-state index is 13.0. The van der Waals surface area contributed by atoms with Gasteiger partial charge >= 0.3 is 0 Å². The molecule has 0 aromatic heterocycles. The third-order valence-corrected chi connectivity index (χ3v) is 8.27. The Bertz CT molecular complexity index is 773. The maximum absolute atomic E-state index is 13.0. The molecule has 2 fully saturated rings. The van der Waals surface area contributed by atoms with Gasteiger partial charge in [0.2, 0.25) is 10.0 Å². The fraction of sp³-hybridized carbons (Fsp3) is 0.682. The predicted molar refractivity (Wildman–Crippen MR) is 112 cm³/mol. The largest absolute Gasteiger partial charge is 0.339 e. The van der Waals surface area contributed by atoms with Crippen LogP contribution in [-0.4, -0.2) is 49.7 Å². The van der Waals surface area contributed by atoms with E-state index in [0.29, 0.717) is 30.5 Å². The van der Waals surface area contributed by atoms with Crippen molar-refractivity contribution in [2.45, 2.75) is 63.8 Å². The zero-order chi connectivity index (χ0) is 20.5. The van der Waals surface area contributed by atoms with Crippen molar-refractivity contribution in [1.82, 2.24) is 9.21 Å². The lowest BCUT2D eigenvalue weighted by molar-refractivity contribution is 0.0679. The standard InChI is InChI=1S/C22H34N2O3S/c1-16-5-9-20(10-6-16)23(4)22(25)19-7-11-21(12-8-19)28(26,27)24-14-17(2)13-18(3)15-24/h7-8,11-12,16-18,20H,5-6,9-10,13-15H2,1-4H3. The van der Waals surface area contributed by atoms with E-state index < -0.39 is 10.0 Å². The first-order valence-corrected chi connectivity index (χ1v) is 12.0. The summed E-state index contributed by atoms with van der Waals surface area (Å²) in [6.45, 7) is 7.59. The minimum atomic E-state index is -3.51. The first-order valence-electron chi connectivity index (χ1n) is 10.6. The quantitative estimate of drug-likeness (QED) is 0.759. The van der Waals surface area contributed by atoms with Gasteiger partial charge in [-0.2, -0.15) is 4.31 Å². The second-order valence-electron chi connectivity index (χ2n) is 9.12. The highest BCUT2D eigenvalue weighted by atomic mass is 32.2. The van der Waals surface area contributed by atoms with Crippen LogP contribution in [0.15, 0.2) is 29.2 Å². The number of carbonyl (C=O) groups excluding carboxylic acids is 1. The summed E-state index contributed by atoms with van der Waals surface area (Å²) in [5.41, 5.74) is 0.556. The summed E-state index contributed by atoms with van der Waals surface area (Å²) in [4.78, 5) is 15.0. The number of hydrogen-bond acceptors (Lipinski definition) is 3. The Hall–Kier alpha value is -1.40. The van der Waals surface area contributed by atoms with Crippen LogP contribution >= 0.6 is 0 Å². The van der Waals surface area contributed by atoms with Crippen LogP contribution in [0.1, 0.15) is 63.2 Å². The van der Waals surface area contributed by atoms with Crippen LogP contribution in [0.5, 0.6) is 0 Å². The lowest BCUT2D eigenvalue weighted by Gasteiger charge is -2.34. The van der Waals surface area contributed by atoms with Crippen LogP contribution in [0.4, 0.5) is 0 Å². The van der Waals surface area contributed by atoms with E-state index in [-0.39, 0.29) is 16.8 Å². The second kappa shape index (κ2) is 8.54. The van der Waals surface area contributed by atoms with Crippen molar-refractivity contribution in [3.05, 3.63) is 29.8 Å². The van der Waals surface area contributed by atoms with Crippen LogP contribution in [-0.2, 0) is 10.0 Å². The highest BCUT2D eigenvalue weighted by molar-refractivity contribution is 7.89. The van der Waals surface area contributed by atoms with Gasteiger partial charge in [-0.3, -0.25) is 4.79 Å². The zero-order valence-electron chi connectivity index (χ0n) is 17.6. The Morgan fingerprint density at radius 3 is 2.00 bits per heavy atom. The third-order valence-electron chi connectivity index (χ3n) is 6.43. The van der Waals surface area contributed by atoms with Crippen molar-refractivity contribution in [2.24, 2.45) is 17.8 Å². The number of piperidine rings is 1. The van der Waals surface area contributed by atoms with Gasteiger partial charge < -0.3 is 4.90 Å². The Kier molecular flexibility index (Phi) is 6.50. The maximum Gasteiger partial charge on any atom is 0.253 e. The van der Waals surface area contributed by atoms with Gasteiger partial charge in [0.15, 0.2) is 0 Å². The fourth-order valence-electron chi connectivity index (χ4n) is 4.72. The molecular weight excluding hydrogens is 372 g/mol. The fourth-order valence-corrected chi connectivity index (χ4v) is 6.40. The van der Waals surface area contributed by atoms with Crippen molar-refractivity contribution in [1.29, 1.82) is 0 Å². The van der Waals surface area contributed by atoms with Crippen molar-refractivity contribution in [3.63, 3.8) is 0 Å². The van der Waals surface area contributed by atoms with Crippen LogP contribution in [0.25, 0.3) is 0 Å². The molecule has 1 heterocycles. The molecule has 1 aliphatic carbocycles. The number of amides is 1. The summed E-state index contributed by atoms with van der Waals surface area (Å²) in [6.07, 6.45) is 5.46. The second-order valence-corrected chi connectivity index (χ2v) is 11.1. The van der Waals surface area contributed by atoms with E-state index in [1.807, 2.05) is 11.9 Å². The normalized spacial score (nSPS) is 29.4. The highest BCUT2D eigenvalue weighted by Crippen LogP contribution is 2.29. The van der Waals surface area contributed by atoms with E-state index in [1.54, 1.807) is 28.6 Å². The molecule has 1 saturated carbocycles. The molecule has 1 aliphatic heterocycles. The summed E-state index contributed by atoms with van der Waals surface area (Å²) in [7, 11) is -1.64. The van der Waals surface area contributed by atoms with Crippen molar-refractivity contribution in [2.75, 3.05) is 20.1 Å². The van der Waals surface area contributed by atoms with Gasteiger partial charge in [0, 0.05) is 31.7 Å². The topological polar surface area (TPSA) is 57.7 Å². The number of sulfonamides is 1. The van der Waals surface area contributed by atoms with Gasteiger partial charge in [-0.25, -0.2) is 8.42 Å². The molecule has 2 unspecified atom stereocenters. The highest BCUT2D eigenvalue weighted by Gasteiger charge is 2.32. The zero-order valence-corrected chi connectivity index (χ0v) is 18.4. The molecule has 1 saturated heterocycles. The summed E-state index contributed by atoms with van der Waals surface area (Å²) in [6, 6.07) is 6.78. The molecule has 0 bridgehead atoms. The minimum Gasteiger partial charge on any atom is -0.339 e. The van der Waals surface area contributed by atoms with Crippen molar-refractivity contribution in [3.8, 4) is 0 Å². The molecule has 1 aromatic rings. The molecule has 0 spiro atoms. The number of carbonyl (C=O) groups is 1. The Morgan fingerprint density at radius 2 is 1.46 bits per heavy atom. The molecule has 28 heavy (non-hydrogen) atoms. The molecule has 2 atom stereocenters. The van der Waals surface area contributed by atoms with Gasteiger partial charge in [-0.1, -0.05) is 20.8 Å². The van der Waals surface area contributed by atoms with Gasteiger partial charge in [0.1, 0.15) is 0 Å². The smallest absolute Gasteiger partial charge is 0.253 e. The minimum absolute atomic E-state index is 0.0243. The Balaban J connectivity index is 1.71. The molecule has 6 heteroatoms. The van der Waals surface area contributed by atoms with Crippen LogP contribution in [0, 0.1) is 17.8 Å². The van der Waals surface area contributed by atoms with Crippen molar-refractivity contribution < 1.29 is 13.2 Å². The van der Waals surface area contributed by atoms with E-state index in [2.05, 4.69) is 20.8 Å². The average molecular weight is 407 g/mol. The average Bonchev–Trinajstić information content (AvgIpc) is 2.67. The first kappa shape index (κ1) is 21.3. The molecule has 5 nitrogen and oxygen atoms in total.